The monoisotopic (exact) mass is 1310 g/mol. The van der Waals surface area contributed by atoms with Crippen LogP contribution in [0.2, 0.25) is 0 Å². The number of carbonyl (C=O) groups is 14. The summed E-state index contributed by atoms with van der Waals surface area (Å²) in [6.45, 7) is -0.266. The van der Waals surface area contributed by atoms with E-state index in [0.29, 0.717) is 11.4 Å². The number of Topliss-reactive ketones (excluding diaryl/α,β-unsaturated/α-hetero) is 4. The van der Waals surface area contributed by atoms with Crippen molar-refractivity contribution in [2.24, 2.45) is 56.6 Å². The predicted octanol–water partition coefficient (Wildman–Crippen LogP) is -3.35. The second-order valence-corrected chi connectivity index (χ2v) is 21.2. The number of ketones is 4. The van der Waals surface area contributed by atoms with E-state index >= 15 is 0 Å². The van der Waals surface area contributed by atoms with Gasteiger partial charge in [-0.15, -0.1) is 0 Å². The number of aliphatic carboxylic acids is 6. The van der Waals surface area contributed by atoms with Gasteiger partial charge in [-0.2, -0.15) is 17.6 Å². The lowest BCUT2D eigenvalue weighted by atomic mass is 9.89. The molecule has 2 aromatic heterocycles. The number of nitrogens with zero attached hydrogens (tertiary/aromatic N) is 5. The van der Waals surface area contributed by atoms with Crippen molar-refractivity contribution in [1.82, 2.24) is 41.2 Å². The Kier molecular flexibility index (Phi) is 30.7. The number of carboxylic acids is 6. The molecule has 0 aliphatic carbocycles. The Bertz CT molecular complexity index is 3360. The van der Waals surface area contributed by atoms with Gasteiger partial charge in [-0.05, 0) is 56.4 Å². The van der Waals surface area contributed by atoms with Crippen LogP contribution in [0.3, 0.4) is 0 Å². The van der Waals surface area contributed by atoms with E-state index in [1.807, 2.05) is 0 Å². The smallest absolute Gasteiger partial charge is 0.326 e. The molecule has 8 atom stereocenters. The lowest BCUT2D eigenvalue weighted by molar-refractivity contribution is -0.145. The fraction of sp³-hybridized carbons (Fsp3) is 0.481. The van der Waals surface area contributed by atoms with Crippen molar-refractivity contribution in [3.8, 4) is 0 Å². The molecule has 0 bridgehead atoms. The van der Waals surface area contributed by atoms with Crippen LogP contribution < -0.4 is 60.8 Å². The number of aromatic amines is 1. The van der Waals surface area contributed by atoms with Crippen molar-refractivity contribution in [3.63, 3.8) is 0 Å². The lowest BCUT2D eigenvalue weighted by Crippen LogP contribution is -2.49. The summed E-state index contributed by atoms with van der Waals surface area (Å²) >= 11 is 3.89. The van der Waals surface area contributed by atoms with Crippen LogP contribution in [0.5, 0.6) is 0 Å². The maximum absolute atomic E-state index is 14.2. The van der Waals surface area contributed by atoms with Gasteiger partial charge in [-0.25, -0.2) is 14.8 Å². The summed E-state index contributed by atoms with van der Waals surface area (Å²) in [6, 6.07) is -1.68. The van der Waals surface area contributed by atoms with Crippen LogP contribution in [-0.2, 0) is 68.9 Å². The number of thiol groups is 1. The fourth-order valence-corrected chi connectivity index (χ4v) is 9.17. The van der Waals surface area contributed by atoms with Crippen molar-refractivity contribution in [3.05, 3.63) is 52.1 Å². The third kappa shape index (κ3) is 27.0. The molecule has 2 heterocycles. The van der Waals surface area contributed by atoms with Gasteiger partial charge in [0, 0.05) is 68.1 Å². The molecule has 38 heteroatoms. The average molecular weight is 1310 g/mol. The normalized spacial score (nSPS) is 13.5. The standard InChI is InChI=1S/C54H72N16O21S/c55-52(56)60-11-1-3-25(46(84)67-35(20-42(81)82)38(74)16-28(23-92)50(88)89)14-37(73)34(19-41(79)80)68-48(86)27(18-40(77)78)15-36(72)32(4-2-12-61-53(57)58)65-47(85)26(17-39(75)76)13-31(71)9-10-33(51(90)91)66-45(83)24-5-7-29(8-6-24)62-21-30-22-63-44-43(64-30)49(87)70-54(59)69-44/h5-8,22,25-28,32-35,62,92H,1-4,9-21,23H2,(H,65,85)(H,66,83)(H,67,84)(H,68,86)(H,75,76)(H,77,78)(H,79,80)(H,81,82)(H,88,89)(H,90,91)(H4,55,56,60)(H4,57,58,61)(H3,59,63,69,70,87)/t25-,26+,27+,28+,32+,33+,34+,35?/m0/s1. The number of H-pyrrole nitrogens is 1. The van der Waals surface area contributed by atoms with E-state index in [1.54, 1.807) is 0 Å². The Morgan fingerprint density at radius 3 is 1.52 bits per heavy atom. The first kappa shape index (κ1) is 75.6. The molecule has 0 radical (unpaired) electrons. The van der Waals surface area contributed by atoms with Crippen molar-refractivity contribution in [1.29, 1.82) is 0 Å². The number of nitrogens with two attached hydrogens (primary N) is 5. The highest BCUT2D eigenvalue weighted by molar-refractivity contribution is 7.80. The first-order valence-corrected chi connectivity index (χ1v) is 28.6. The summed E-state index contributed by atoms with van der Waals surface area (Å²) in [7, 11) is 0. The Morgan fingerprint density at radius 2 is 1.02 bits per heavy atom. The molecule has 0 fully saturated rings. The summed E-state index contributed by atoms with van der Waals surface area (Å²) in [5.41, 5.74) is 27.3. The highest BCUT2D eigenvalue weighted by Crippen LogP contribution is 2.22. The first-order valence-electron chi connectivity index (χ1n) is 28.0. The molecular formula is C54H72N16O21S. The van der Waals surface area contributed by atoms with Crippen LogP contribution in [0.4, 0.5) is 11.6 Å². The molecule has 500 valence electrons. The summed E-state index contributed by atoms with van der Waals surface area (Å²) < 4.78 is 0. The van der Waals surface area contributed by atoms with Crippen LogP contribution in [0.15, 0.2) is 45.2 Å². The van der Waals surface area contributed by atoms with Gasteiger partial charge < -0.3 is 85.9 Å². The zero-order valence-corrected chi connectivity index (χ0v) is 50.0. The second-order valence-electron chi connectivity index (χ2n) is 20.9. The number of fused-ring (bicyclic) bond motifs is 1. The number of carbonyl (C=O) groups excluding carboxylic acids is 8. The van der Waals surface area contributed by atoms with Gasteiger partial charge >= 0.3 is 35.8 Å². The third-order valence-electron chi connectivity index (χ3n) is 13.6. The molecule has 1 unspecified atom stereocenters. The van der Waals surface area contributed by atoms with Crippen molar-refractivity contribution < 1.29 is 97.8 Å². The second kappa shape index (κ2) is 37.3. The van der Waals surface area contributed by atoms with E-state index in [4.69, 9.17) is 28.7 Å². The van der Waals surface area contributed by atoms with Crippen LogP contribution in [0, 0.1) is 23.7 Å². The van der Waals surface area contributed by atoms with Crippen LogP contribution >= 0.6 is 12.6 Å². The van der Waals surface area contributed by atoms with E-state index in [1.165, 1.54) is 30.5 Å². The minimum absolute atomic E-state index is 0.0104. The molecule has 1 aromatic carbocycles. The van der Waals surface area contributed by atoms with Gasteiger partial charge in [0.25, 0.3) is 11.5 Å². The Hall–Kier alpha value is -10.7. The van der Waals surface area contributed by atoms with Gasteiger partial charge in [0.05, 0.1) is 80.0 Å². The zero-order chi connectivity index (χ0) is 68.9. The zero-order valence-electron chi connectivity index (χ0n) is 49.1. The molecule has 92 heavy (non-hydrogen) atoms. The van der Waals surface area contributed by atoms with Gasteiger partial charge in [0.2, 0.25) is 23.7 Å². The molecule has 0 saturated heterocycles. The molecule has 0 aliphatic rings. The van der Waals surface area contributed by atoms with E-state index in [0.717, 1.165) is 0 Å². The molecule has 3 aromatic rings. The molecule has 37 nitrogen and oxygen atoms in total. The van der Waals surface area contributed by atoms with Crippen LogP contribution in [-0.4, -0.2) is 188 Å². The number of guanidine groups is 2. The fourth-order valence-electron chi connectivity index (χ4n) is 8.89. The van der Waals surface area contributed by atoms with E-state index in [2.05, 4.69) is 69.1 Å². The topological polar surface area (TPSA) is 647 Å². The highest BCUT2D eigenvalue weighted by atomic mass is 32.1. The minimum atomic E-state index is -2.07. The van der Waals surface area contributed by atoms with Crippen molar-refractivity contribution in [2.45, 2.75) is 121 Å². The average Bonchev–Trinajstić information content (AvgIpc) is 1.86. The van der Waals surface area contributed by atoms with Crippen molar-refractivity contribution in [2.75, 3.05) is 29.9 Å². The number of hydrogen-bond donors (Lipinski definition) is 18. The number of nitrogens with one attached hydrogen (secondary N) is 6. The van der Waals surface area contributed by atoms with Gasteiger partial charge in [0.1, 0.15) is 11.8 Å². The van der Waals surface area contributed by atoms with Gasteiger partial charge in [-0.3, -0.25) is 82.1 Å². The molecule has 0 spiro atoms. The number of hydrogen-bond acceptors (Lipinski definition) is 23. The molecule has 0 saturated carbocycles. The van der Waals surface area contributed by atoms with E-state index in [-0.39, 0.29) is 79.7 Å². The first-order chi connectivity index (χ1) is 43.3. The maximum Gasteiger partial charge on any atom is 0.326 e. The number of amides is 4. The molecular weight excluding hydrogens is 1240 g/mol. The number of aliphatic imine (C=N–C) groups is 2. The third-order valence-corrected chi connectivity index (χ3v) is 14.0. The van der Waals surface area contributed by atoms with Crippen molar-refractivity contribution >= 4 is 130 Å². The van der Waals surface area contributed by atoms with Crippen LogP contribution in [0.1, 0.15) is 106 Å². The number of carboxylic acid groups (broad SMARTS) is 6. The van der Waals surface area contributed by atoms with E-state index < -0.39 is 206 Å². The Balaban J connectivity index is 1.81. The minimum Gasteiger partial charge on any atom is -0.481 e. The molecule has 22 N–H and O–H groups in total. The van der Waals surface area contributed by atoms with E-state index in [9.17, 15) is 103 Å². The van der Waals surface area contributed by atoms with Gasteiger partial charge in [0.15, 0.2) is 40.4 Å². The Labute approximate surface area is 526 Å². The van der Waals surface area contributed by atoms with Crippen LogP contribution in [0.25, 0.3) is 11.2 Å². The largest absolute Gasteiger partial charge is 0.481 e. The molecule has 3 rings (SSSR count). The number of nitrogen functional groups attached to an aromatic ring is 1. The predicted molar refractivity (Wildman–Crippen MR) is 323 cm³/mol. The molecule has 4 amide bonds. The summed E-state index contributed by atoms with van der Waals surface area (Å²) in [5, 5.41) is 70.3. The highest BCUT2D eigenvalue weighted by Gasteiger charge is 2.37. The van der Waals surface area contributed by atoms with Gasteiger partial charge in [-0.1, -0.05) is 0 Å². The quantitative estimate of drug-likeness (QED) is 0.0114. The number of anilines is 2. The molecule has 0 aliphatic heterocycles. The number of aromatic nitrogens is 4. The lowest BCUT2D eigenvalue weighted by Gasteiger charge is -2.25. The summed E-state index contributed by atoms with van der Waals surface area (Å²) in [6.07, 6.45) is -8.80. The Morgan fingerprint density at radius 1 is 0.543 bits per heavy atom. The number of benzene rings is 1. The number of rotatable bonds is 44. The summed E-state index contributed by atoms with van der Waals surface area (Å²) in [4.78, 5) is 216. The summed E-state index contributed by atoms with van der Waals surface area (Å²) in [5.74, 6) is -26.4. The maximum atomic E-state index is 14.2. The SMILES string of the molecule is NC(N)=NCCC[C@@H](CC(=O)[C@@H](CC(=O)O)NC(=O)[C@@H](CC(=O)O)CC(=O)[C@@H](CCCN=C(N)N)NC(=O)[C@@H](CC(=O)O)CC(=O)CC[C@@H](NC(=O)c1ccc(NCc2cnc3nc(N)[nH]c(=O)c3n2)cc1)C(=O)O)C(=O)NC(CC(=O)O)C(=O)C[C@H](CS)C(=O)O.